The molecule has 0 aliphatic rings. The van der Waals surface area contributed by atoms with Gasteiger partial charge in [0.2, 0.25) is 0 Å². The number of amides is 1. The zero-order valence-electron chi connectivity index (χ0n) is 12.5. The van der Waals surface area contributed by atoms with Gasteiger partial charge in [0.25, 0.3) is 5.91 Å². The van der Waals surface area contributed by atoms with Crippen molar-refractivity contribution in [2.45, 2.75) is 6.36 Å². The van der Waals surface area contributed by atoms with Crippen molar-refractivity contribution in [3.63, 3.8) is 0 Å². The second kappa shape index (κ2) is 7.89. The molecule has 5 nitrogen and oxygen atoms in total. The first kappa shape index (κ1) is 18.6. The molecule has 1 N–H and O–H groups in total. The summed E-state index contributed by atoms with van der Waals surface area (Å²) < 4.78 is 44.6. The maximum atomic E-state index is 12.0. The van der Waals surface area contributed by atoms with Gasteiger partial charge in [0, 0.05) is 10.7 Å². The van der Waals surface area contributed by atoms with Gasteiger partial charge >= 0.3 is 12.3 Å². The Bertz CT molecular complexity index is 763. The molecule has 0 fully saturated rings. The van der Waals surface area contributed by atoms with E-state index in [1.165, 1.54) is 6.07 Å². The first-order valence-corrected chi connectivity index (χ1v) is 7.19. The van der Waals surface area contributed by atoms with Crippen molar-refractivity contribution in [2.24, 2.45) is 0 Å². The average Bonchev–Trinajstić information content (AvgIpc) is 2.52. The molecular weight excluding hydrogens is 363 g/mol. The maximum Gasteiger partial charge on any atom is 0.573 e. The second-order valence-electron chi connectivity index (χ2n) is 4.71. The summed E-state index contributed by atoms with van der Waals surface area (Å²) in [7, 11) is 0. The molecule has 1 amide bonds. The Balaban J connectivity index is 1.86. The molecule has 0 saturated carbocycles. The van der Waals surface area contributed by atoms with Crippen LogP contribution in [-0.4, -0.2) is 24.8 Å². The standard InChI is InChI=1S/C16H11ClF3NO4/c17-11-2-1-3-12(8-11)21-14(22)9-24-15(23)10-4-6-13(7-5-10)25-16(18,19)20/h1-8H,9H2,(H,21,22). The normalized spacial score (nSPS) is 10.9. The van der Waals surface area contributed by atoms with Crippen LogP contribution in [0.5, 0.6) is 5.75 Å². The number of carbonyl (C=O) groups is 2. The Hall–Kier alpha value is -2.74. The van der Waals surface area contributed by atoms with Gasteiger partial charge < -0.3 is 14.8 Å². The largest absolute Gasteiger partial charge is 0.573 e. The number of hydrogen-bond acceptors (Lipinski definition) is 4. The van der Waals surface area contributed by atoms with E-state index in [0.29, 0.717) is 10.7 Å². The zero-order valence-corrected chi connectivity index (χ0v) is 13.2. The summed E-state index contributed by atoms with van der Waals surface area (Å²) in [4.78, 5) is 23.5. The molecule has 0 spiro atoms. The molecule has 25 heavy (non-hydrogen) atoms. The molecule has 132 valence electrons. The van der Waals surface area contributed by atoms with Gasteiger partial charge in [-0.2, -0.15) is 0 Å². The maximum absolute atomic E-state index is 12.0. The van der Waals surface area contributed by atoms with Gasteiger partial charge in [0.15, 0.2) is 6.61 Å². The monoisotopic (exact) mass is 373 g/mol. The molecule has 0 aromatic heterocycles. The molecule has 0 radical (unpaired) electrons. The molecule has 0 aliphatic carbocycles. The fourth-order valence-corrected chi connectivity index (χ4v) is 1.96. The fraction of sp³-hybridized carbons (Fsp3) is 0.125. The van der Waals surface area contributed by atoms with Crippen molar-refractivity contribution in [2.75, 3.05) is 11.9 Å². The smallest absolute Gasteiger partial charge is 0.452 e. The molecular formula is C16H11ClF3NO4. The lowest BCUT2D eigenvalue weighted by molar-refractivity contribution is -0.274. The summed E-state index contributed by atoms with van der Waals surface area (Å²) in [6.07, 6.45) is -4.82. The van der Waals surface area contributed by atoms with Crippen LogP contribution in [-0.2, 0) is 9.53 Å². The molecule has 0 atom stereocenters. The highest BCUT2D eigenvalue weighted by Gasteiger charge is 2.31. The number of esters is 1. The van der Waals surface area contributed by atoms with Gasteiger partial charge in [-0.15, -0.1) is 13.2 Å². The van der Waals surface area contributed by atoms with Gasteiger partial charge in [0.05, 0.1) is 5.56 Å². The van der Waals surface area contributed by atoms with Crippen molar-refractivity contribution < 1.29 is 32.2 Å². The number of anilines is 1. The Labute approximate surface area is 145 Å². The van der Waals surface area contributed by atoms with Crippen LogP contribution in [0.1, 0.15) is 10.4 Å². The van der Waals surface area contributed by atoms with Gasteiger partial charge in [-0.3, -0.25) is 4.79 Å². The van der Waals surface area contributed by atoms with Crippen molar-refractivity contribution in [3.8, 4) is 5.75 Å². The lowest BCUT2D eigenvalue weighted by Gasteiger charge is -2.09. The SMILES string of the molecule is O=C(COC(=O)c1ccc(OC(F)(F)F)cc1)Nc1cccc(Cl)c1. The summed E-state index contributed by atoms with van der Waals surface area (Å²) in [6, 6.07) is 10.5. The van der Waals surface area contributed by atoms with Crippen molar-refractivity contribution >= 4 is 29.2 Å². The molecule has 0 aliphatic heterocycles. The number of benzene rings is 2. The van der Waals surface area contributed by atoms with E-state index in [4.69, 9.17) is 16.3 Å². The Morgan fingerprint density at radius 2 is 1.76 bits per heavy atom. The first-order chi connectivity index (χ1) is 11.7. The molecule has 2 aromatic carbocycles. The topological polar surface area (TPSA) is 64.6 Å². The number of carbonyl (C=O) groups excluding carboxylic acids is 2. The molecule has 2 aromatic rings. The Morgan fingerprint density at radius 1 is 1.08 bits per heavy atom. The number of alkyl halides is 3. The van der Waals surface area contributed by atoms with Crippen LogP contribution in [0.25, 0.3) is 0 Å². The van der Waals surface area contributed by atoms with E-state index >= 15 is 0 Å². The number of rotatable bonds is 5. The molecule has 0 unspecified atom stereocenters. The molecule has 0 heterocycles. The summed E-state index contributed by atoms with van der Waals surface area (Å²) >= 11 is 5.77. The highest BCUT2D eigenvalue weighted by atomic mass is 35.5. The predicted molar refractivity (Wildman–Crippen MR) is 83.5 cm³/mol. The summed E-state index contributed by atoms with van der Waals surface area (Å²) in [5, 5.41) is 2.91. The third-order valence-corrected chi connectivity index (χ3v) is 3.00. The van der Waals surface area contributed by atoms with E-state index in [0.717, 1.165) is 24.3 Å². The van der Waals surface area contributed by atoms with Crippen molar-refractivity contribution in [1.29, 1.82) is 0 Å². The number of halogens is 4. The minimum absolute atomic E-state index is 0.0231. The van der Waals surface area contributed by atoms with Crippen molar-refractivity contribution in [1.82, 2.24) is 0 Å². The lowest BCUT2D eigenvalue weighted by atomic mass is 10.2. The summed E-state index contributed by atoms with van der Waals surface area (Å²) in [5.41, 5.74) is 0.410. The zero-order chi connectivity index (χ0) is 18.4. The van der Waals surface area contributed by atoms with E-state index in [-0.39, 0.29) is 5.56 Å². The Kier molecular flexibility index (Phi) is 5.87. The van der Waals surface area contributed by atoms with Crippen LogP contribution < -0.4 is 10.1 Å². The first-order valence-electron chi connectivity index (χ1n) is 6.81. The van der Waals surface area contributed by atoms with E-state index in [9.17, 15) is 22.8 Å². The van der Waals surface area contributed by atoms with Crippen molar-refractivity contribution in [3.05, 3.63) is 59.1 Å². The minimum atomic E-state index is -4.82. The van der Waals surface area contributed by atoms with Gasteiger partial charge in [-0.05, 0) is 42.5 Å². The number of nitrogens with one attached hydrogen (secondary N) is 1. The van der Waals surface area contributed by atoms with Crippen LogP contribution in [0.2, 0.25) is 5.02 Å². The average molecular weight is 374 g/mol. The van der Waals surface area contributed by atoms with Crippen LogP contribution in [0.4, 0.5) is 18.9 Å². The van der Waals surface area contributed by atoms with E-state index in [1.54, 1.807) is 18.2 Å². The van der Waals surface area contributed by atoms with Crippen LogP contribution in [0.3, 0.4) is 0 Å². The molecule has 9 heteroatoms. The molecule has 0 bridgehead atoms. The number of ether oxygens (including phenoxy) is 2. The molecule has 0 saturated heterocycles. The lowest BCUT2D eigenvalue weighted by Crippen LogP contribution is -2.21. The highest BCUT2D eigenvalue weighted by Crippen LogP contribution is 2.23. The van der Waals surface area contributed by atoms with Crippen LogP contribution >= 0.6 is 11.6 Å². The molecule has 2 rings (SSSR count). The summed E-state index contributed by atoms with van der Waals surface area (Å²) in [6.45, 7) is -0.563. The fourth-order valence-electron chi connectivity index (χ4n) is 1.77. The Morgan fingerprint density at radius 3 is 2.36 bits per heavy atom. The van der Waals surface area contributed by atoms with E-state index in [1.807, 2.05) is 0 Å². The van der Waals surface area contributed by atoms with E-state index in [2.05, 4.69) is 10.1 Å². The summed E-state index contributed by atoms with van der Waals surface area (Å²) in [5.74, 6) is -1.92. The van der Waals surface area contributed by atoms with Gasteiger partial charge in [-0.25, -0.2) is 4.79 Å². The minimum Gasteiger partial charge on any atom is -0.452 e. The quantitative estimate of drug-likeness (QED) is 0.803. The van der Waals surface area contributed by atoms with E-state index < -0.39 is 30.6 Å². The third-order valence-electron chi connectivity index (χ3n) is 2.77. The van der Waals surface area contributed by atoms with Crippen LogP contribution in [0.15, 0.2) is 48.5 Å². The second-order valence-corrected chi connectivity index (χ2v) is 5.14. The van der Waals surface area contributed by atoms with Gasteiger partial charge in [-0.1, -0.05) is 17.7 Å². The highest BCUT2D eigenvalue weighted by molar-refractivity contribution is 6.30. The number of hydrogen-bond donors (Lipinski definition) is 1. The van der Waals surface area contributed by atoms with Crippen LogP contribution in [0, 0.1) is 0 Å². The third kappa shape index (κ3) is 6.34. The van der Waals surface area contributed by atoms with Gasteiger partial charge in [0.1, 0.15) is 5.75 Å². The predicted octanol–water partition coefficient (Wildman–Crippen LogP) is 4.03.